The molecule has 1 amide bonds. The number of para-hydroxylation sites is 1. The molecule has 27 heavy (non-hydrogen) atoms. The van der Waals surface area contributed by atoms with Gasteiger partial charge in [0, 0.05) is 19.5 Å². The monoisotopic (exact) mass is 361 g/mol. The van der Waals surface area contributed by atoms with Crippen LogP contribution in [0.1, 0.15) is 37.3 Å². The van der Waals surface area contributed by atoms with Crippen molar-refractivity contribution in [2.45, 2.75) is 38.3 Å². The Hall–Kier alpha value is -2.95. The summed E-state index contributed by atoms with van der Waals surface area (Å²) in [6, 6.07) is 17.8. The molecular formula is C22H23N3O2. The van der Waals surface area contributed by atoms with Crippen LogP contribution in [-0.2, 0) is 11.3 Å². The van der Waals surface area contributed by atoms with E-state index in [2.05, 4.69) is 17.1 Å². The minimum absolute atomic E-state index is 0.0450. The number of aromatic nitrogens is 2. The van der Waals surface area contributed by atoms with E-state index in [0.717, 1.165) is 19.4 Å². The van der Waals surface area contributed by atoms with Gasteiger partial charge in [-0.05, 0) is 37.0 Å². The van der Waals surface area contributed by atoms with Crippen molar-refractivity contribution in [3.05, 3.63) is 76.8 Å². The summed E-state index contributed by atoms with van der Waals surface area (Å²) in [6.07, 6.45) is 4.72. The molecule has 0 bridgehead atoms. The summed E-state index contributed by atoms with van der Waals surface area (Å²) < 4.78 is 1.61. The molecule has 2 aromatic carbocycles. The Balaban J connectivity index is 1.40. The van der Waals surface area contributed by atoms with Crippen molar-refractivity contribution in [3.8, 4) is 0 Å². The molecule has 1 aliphatic rings. The van der Waals surface area contributed by atoms with Gasteiger partial charge in [-0.2, -0.15) is 0 Å². The highest BCUT2D eigenvalue weighted by Gasteiger charge is 2.29. The van der Waals surface area contributed by atoms with Gasteiger partial charge in [0.1, 0.15) is 0 Å². The molecule has 1 saturated heterocycles. The third-order valence-corrected chi connectivity index (χ3v) is 5.28. The van der Waals surface area contributed by atoms with E-state index in [1.54, 1.807) is 17.0 Å². The fraction of sp³-hybridized carbons (Fsp3) is 0.318. The van der Waals surface area contributed by atoms with Crippen LogP contribution in [0, 0.1) is 0 Å². The van der Waals surface area contributed by atoms with E-state index in [1.807, 2.05) is 41.3 Å². The van der Waals surface area contributed by atoms with E-state index in [1.165, 1.54) is 5.56 Å². The maximum Gasteiger partial charge on any atom is 0.261 e. The zero-order valence-corrected chi connectivity index (χ0v) is 15.3. The number of aryl methyl sites for hydroxylation is 1. The average Bonchev–Trinajstić information content (AvgIpc) is 3.20. The summed E-state index contributed by atoms with van der Waals surface area (Å²) in [6.45, 7) is 1.32. The normalized spacial score (nSPS) is 16.7. The molecule has 138 valence electrons. The Morgan fingerprint density at radius 2 is 1.85 bits per heavy atom. The predicted octanol–water partition coefficient (Wildman–Crippen LogP) is 3.54. The molecule has 0 aliphatic carbocycles. The highest BCUT2D eigenvalue weighted by atomic mass is 16.2. The molecule has 1 aliphatic heterocycles. The Bertz CT molecular complexity index is 997. The van der Waals surface area contributed by atoms with E-state index < -0.39 is 0 Å². The molecule has 1 aromatic heterocycles. The molecule has 3 aromatic rings. The van der Waals surface area contributed by atoms with Crippen LogP contribution in [0.25, 0.3) is 10.9 Å². The molecule has 1 unspecified atom stereocenters. The molecular weight excluding hydrogens is 338 g/mol. The van der Waals surface area contributed by atoms with Gasteiger partial charge < -0.3 is 4.90 Å². The predicted molar refractivity (Wildman–Crippen MR) is 105 cm³/mol. The van der Waals surface area contributed by atoms with Crippen LogP contribution in [0.5, 0.6) is 0 Å². The lowest BCUT2D eigenvalue weighted by molar-refractivity contribution is -0.132. The summed E-state index contributed by atoms with van der Waals surface area (Å²) in [5.41, 5.74) is 1.87. The molecule has 0 radical (unpaired) electrons. The second-order valence-corrected chi connectivity index (χ2v) is 7.02. The highest BCUT2D eigenvalue weighted by Crippen LogP contribution is 2.32. The molecule has 0 spiro atoms. The van der Waals surface area contributed by atoms with Crippen molar-refractivity contribution in [2.75, 3.05) is 6.54 Å². The fourth-order valence-electron chi connectivity index (χ4n) is 3.90. The highest BCUT2D eigenvalue weighted by molar-refractivity contribution is 5.77. The van der Waals surface area contributed by atoms with Crippen LogP contribution >= 0.6 is 0 Å². The topological polar surface area (TPSA) is 55.2 Å². The van der Waals surface area contributed by atoms with Crippen molar-refractivity contribution in [1.82, 2.24) is 14.5 Å². The number of hydrogen-bond acceptors (Lipinski definition) is 3. The Kier molecular flexibility index (Phi) is 5.01. The Morgan fingerprint density at radius 1 is 1.07 bits per heavy atom. The van der Waals surface area contributed by atoms with Gasteiger partial charge in [-0.3, -0.25) is 14.2 Å². The molecule has 0 N–H and O–H groups in total. The zero-order chi connectivity index (χ0) is 18.6. The zero-order valence-electron chi connectivity index (χ0n) is 15.3. The number of likely N-dealkylation sites (tertiary alicyclic amines) is 1. The molecule has 4 rings (SSSR count). The number of amides is 1. The van der Waals surface area contributed by atoms with Crippen molar-refractivity contribution >= 4 is 16.8 Å². The van der Waals surface area contributed by atoms with Crippen LogP contribution in [-0.4, -0.2) is 26.9 Å². The SMILES string of the molecule is O=C(CCCn1cnc2ccccc2c1=O)N1CCCC1c1ccccc1. The standard InChI is InChI=1S/C22H23N3O2/c26-21(25-15-6-12-20(25)17-8-2-1-3-9-17)13-7-14-24-16-23-19-11-5-4-10-18(19)22(24)27/h1-5,8-11,16,20H,6-7,12-15H2. The van der Waals surface area contributed by atoms with Gasteiger partial charge >= 0.3 is 0 Å². The molecule has 2 heterocycles. The third-order valence-electron chi connectivity index (χ3n) is 5.28. The molecule has 1 atom stereocenters. The van der Waals surface area contributed by atoms with E-state index in [0.29, 0.717) is 30.3 Å². The first-order valence-electron chi connectivity index (χ1n) is 9.52. The number of carbonyl (C=O) groups excluding carboxylic acids is 1. The van der Waals surface area contributed by atoms with Gasteiger partial charge in [-0.15, -0.1) is 0 Å². The lowest BCUT2D eigenvalue weighted by atomic mass is 10.0. The van der Waals surface area contributed by atoms with E-state index in [4.69, 9.17) is 0 Å². The minimum atomic E-state index is -0.0450. The average molecular weight is 361 g/mol. The first kappa shape index (κ1) is 17.5. The smallest absolute Gasteiger partial charge is 0.261 e. The summed E-state index contributed by atoms with van der Waals surface area (Å²) >= 11 is 0. The fourth-order valence-corrected chi connectivity index (χ4v) is 3.90. The van der Waals surface area contributed by atoms with Crippen LogP contribution in [0.3, 0.4) is 0 Å². The first-order valence-corrected chi connectivity index (χ1v) is 9.52. The van der Waals surface area contributed by atoms with Crippen LogP contribution in [0.15, 0.2) is 65.7 Å². The molecule has 1 fully saturated rings. The largest absolute Gasteiger partial charge is 0.336 e. The van der Waals surface area contributed by atoms with E-state index in [-0.39, 0.29) is 17.5 Å². The summed E-state index contributed by atoms with van der Waals surface area (Å²) in [4.78, 5) is 31.6. The van der Waals surface area contributed by atoms with Crippen molar-refractivity contribution in [2.24, 2.45) is 0 Å². The van der Waals surface area contributed by atoms with Crippen LogP contribution in [0.2, 0.25) is 0 Å². The van der Waals surface area contributed by atoms with Crippen molar-refractivity contribution in [1.29, 1.82) is 0 Å². The molecule has 5 nitrogen and oxygen atoms in total. The lowest BCUT2D eigenvalue weighted by Crippen LogP contribution is -2.30. The molecule has 0 saturated carbocycles. The van der Waals surface area contributed by atoms with Gasteiger partial charge in [0.2, 0.25) is 5.91 Å². The van der Waals surface area contributed by atoms with Crippen LogP contribution < -0.4 is 5.56 Å². The Labute approximate surface area is 158 Å². The third kappa shape index (κ3) is 3.63. The van der Waals surface area contributed by atoms with Gasteiger partial charge in [-0.25, -0.2) is 4.98 Å². The second kappa shape index (κ2) is 7.74. The second-order valence-electron chi connectivity index (χ2n) is 7.02. The Morgan fingerprint density at radius 3 is 2.70 bits per heavy atom. The number of nitrogens with zero attached hydrogens (tertiary/aromatic N) is 3. The lowest BCUT2D eigenvalue weighted by Gasteiger charge is -2.25. The minimum Gasteiger partial charge on any atom is -0.336 e. The maximum atomic E-state index is 12.7. The number of rotatable bonds is 5. The quantitative estimate of drug-likeness (QED) is 0.698. The summed E-state index contributed by atoms with van der Waals surface area (Å²) in [7, 11) is 0. The van der Waals surface area contributed by atoms with Crippen molar-refractivity contribution < 1.29 is 4.79 Å². The first-order chi connectivity index (χ1) is 13.2. The van der Waals surface area contributed by atoms with Crippen LogP contribution in [0.4, 0.5) is 0 Å². The van der Waals surface area contributed by atoms with Gasteiger partial charge in [0.25, 0.3) is 5.56 Å². The number of fused-ring (bicyclic) bond motifs is 1. The summed E-state index contributed by atoms with van der Waals surface area (Å²) in [5.74, 6) is 0.170. The maximum absolute atomic E-state index is 12.7. The van der Waals surface area contributed by atoms with Crippen molar-refractivity contribution in [3.63, 3.8) is 0 Å². The molecule has 5 heteroatoms. The van der Waals surface area contributed by atoms with Gasteiger partial charge in [0.15, 0.2) is 0 Å². The number of hydrogen-bond donors (Lipinski definition) is 0. The van der Waals surface area contributed by atoms with E-state index in [9.17, 15) is 9.59 Å². The van der Waals surface area contributed by atoms with E-state index >= 15 is 0 Å². The van der Waals surface area contributed by atoms with Gasteiger partial charge in [-0.1, -0.05) is 42.5 Å². The number of carbonyl (C=O) groups is 1. The van der Waals surface area contributed by atoms with Gasteiger partial charge in [0.05, 0.1) is 23.3 Å². The number of benzene rings is 2. The summed E-state index contributed by atoms with van der Waals surface area (Å²) in [5, 5.41) is 0.620.